The first-order chi connectivity index (χ1) is 16.2. The maximum Gasteiger partial charge on any atom is 0.321 e. The fraction of sp³-hybridized carbons (Fsp3) is 0.690. The summed E-state index contributed by atoms with van der Waals surface area (Å²) in [7, 11) is 4.07. The van der Waals surface area contributed by atoms with Crippen LogP contribution in [-0.2, 0) is 10.2 Å². The molecule has 5 nitrogen and oxygen atoms in total. The van der Waals surface area contributed by atoms with E-state index < -0.39 is 0 Å². The van der Waals surface area contributed by atoms with Crippen LogP contribution in [0, 0.1) is 0 Å². The van der Waals surface area contributed by atoms with E-state index in [4.69, 9.17) is 4.74 Å². The molecule has 0 aromatic heterocycles. The van der Waals surface area contributed by atoms with Gasteiger partial charge in [-0.05, 0) is 75.2 Å². The number of amides is 2. The first-order valence-corrected chi connectivity index (χ1v) is 13.3. The SMILES string of the molecule is C=CCN(C)CCCCCCCOC1CCC(N(C)C(=O)Nc2ccc(C(C)(C)C)cc2)CC1. The molecule has 1 saturated carbocycles. The van der Waals surface area contributed by atoms with Crippen LogP contribution < -0.4 is 5.32 Å². The second-order valence-electron chi connectivity index (χ2n) is 11.0. The van der Waals surface area contributed by atoms with Gasteiger partial charge in [-0.1, -0.05) is 58.2 Å². The average molecular weight is 472 g/mol. The van der Waals surface area contributed by atoms with Crippen LogP contribution in [0.4, 0.5) is 10.5 Å². The molecule has 0 heterocycles. The lowest BCUT2D eigenvalue weighted by Gasteiger charge is -2.34. The second kappa shape index (κ2) is 14.5. The van der Waals surface area contributed by atoms with Crippen molar-refractivity contribution < 1.29 is 9.53 Å². The summed E-state index contributed by atoms with van der Waals surface area (Å²) in [6.07, 6.45) is 12.7. The van der Waals surface area contributed by atoms with Gasteiger partial charge in [0.25, 0.3) is 0 Å². The first kappa shape index (κ1) is 28.4. The van der Waals surface area contributed by atoms with Crippen molar-refractivity contribution in [2.45, 2.75) is 96.1 Å². The van der Waals surface area contributed by atoms with Crippen molar-refractivity contribution in [3.8, 4) is 0 Å². The van der Waals surface area contributed by atoms with Gasteiger partial charge in [0.1, 0.15) is 0 Å². The third-order valence-corrected chi connectivity index (χ3v) is 6.99. The van der Waals surface area contributed by atoms with E-state index in [9.17, 15) is 4.79 Å². The number of urea groups is 1. The Labute approximate surface area is 208 Å². The highest BCUT2D eigenvalue weighted by Gasteiger charge is 2.27. The first-order valence-electron chi connectivity index (χ1n) is 13.3. The zero-order chi connectivity index (χ0) is 25.0. The van der Waals surface area contributed by atoms with Gasteiger partial charge in [-0.15, -0.1) is 6.58 Å². The van der Waals surface area contributed by atoms with E-state index in [1.54, 1.807) is 0 Å². The Bertz CT molecular complexity index is 718. The molecule has 0 saturated heterocycles. The summed E-state index contributed by atoms with van der Waals surface area (Å²) in [4.78, 5) is 16.9. The van der Waals surface area contributed by atoms with Crippen LogP contribution in [0.1, 0.15) is 84.1 Å². The summed E-state index contributed by atoms with van der Waals surface area (Å²) < 4.78 is 6.14. The van der Waals surface area contributed by atoms with E-state index in [0.29, 0.717) is 6.10 Å². The number of nitrogens with zero attached hydrogens (tertiary/aromatic N) is 2. The molecule has 0 spiro atoms. The minimum atomic E-state index is -0.0245. The van der Waals surface area contributed by atoms with Gasteiger partial charge in [-0.3, -0.25) is 0 Å². The molecular weight excluding hydrogens is 422 g/mol. The molecule has 192 valence electrons. The van der Waals surface area contributed by atoms with Crippen molar-refractivity contribution in [1.29, 1.82) is 0 Å². The van der Waals surface area contributed by atoms with Gasteiger partial charge in [0.15, 0.2) is 0 Å². The van der Waals surface area contributed by atoms with Crippen molar-refractivity contribution in [3.05, 3.63) is 42.5 Å². The molecule has 2 amide bonds. The lowest BCUT2D eigenvalue weighted by atomic mass is 9.87. The zero-order valence-corrected chi connectivity index (χ0v) is 22.4. The number of likely N-dealkylation sites (N-methyl/N-ethyl adjacent to an activating group) is 1. The van der Waals surface area contributed by atoms with Gasteiger partial charge in [0.05, 0.1) is 6.10 Å². The average Bonchev–Trinajstić information content (AvgIpc) is 2.80. The monoisotopic (exact) mass is 471 g/mol. The quantitative estimate of drug-likeness (QED) is 0.253. The molecule has 1 N–H and O–H groups in total. The Balaban J connectivity index is 1.57. The highest BCUT2D eigenvalue weighted by molar-refractivity contribution is 5.89. The van der Waals surface area contributed by atoms with Crippen molar-refractivity contribution >= 4 is 11.7 Å². The Kier molecular flexibility index (Phi) is 12.1. The van der Waals surface area contributed by atoms with Crippen LogP contribution in [-0.4, -0.2) is 61.8 Å². The van der Waals surface area contributed by atoms with Gasteiger partial charge >= 0.3 is 6.03 Å². The number of anilines is 1. The van der Waals surface area contributed by atoms with Crippen LogP contribution in [0.15, 0.2) is 36.9 Å². The molecule has 2 rings (SSSR count). The van der Waals surface area contributed by atoms with Gasteiger partial charge in [-0.2, -0.15) is 0 Å². The predicted molar refractivity (Wildman–Crippen MR) is 145 cm³/mol. The highest BCUT2D eigenvalue weighted by Crippen LogP contribution is 2.26. The largest absolute Gasteiger partial charge is 0.378 e. The molecule has 34 heavy (non-hydrogen) atoms. The number of hydrogen-bond donors (Lipinski definition) is 1. The Morgan fingerprint density at radius 1 is 1.03 bits per heavy atom. The summed E-state index contributed by atoms with van der Waals surface area (Å²) in [5.74, 6) is 0. The number of benzene rings is 1. The van der Waals surface area contributed by atoms with E-state index in [-0.39, 0.29) is 17.5 Å². The van der Waals surface area contributed by atoms with Gasteiger partial charge < -0.3 is 19.9 Å². The third kappa shape index (κ3) is 10.2. The van der Waals surface area contributed by atoms with E-state index in [1.165, 1.54) is 31.2 Å². The molecule has 1 aliphatic rings. The lowest BCUT2D eigenvalue weighted by molar-refractivity contribution is 0.0130. The molecule has 0 bridgehead atoms. The van der Waals surface area contributed by atoms with Gasteiger partial charge in [0.2, 0.25) is 0 Å². The number of carbonyl (C=O) groups excluding carboxylic acids is 1. The minimum Gasteiger partial charge on any atom is -0.378 e. The standard InChI is InChI=1S/C29H49N3O2/c1-7-21-31(5)22-11-9-8-10-12-23-34-27-19-17-26(18-20-27)32(6)28(33)30-25-15-13-24(14-16-25)29(2,3)4/h7,13-16,26-27H,1,8-12,17-23H2,2-6H3,(H,30,33). The van der Waals surface area contributed by atoms with E-state index in [0.717, 1.165) is 57.5 Å². The number of unbranched alkanes of at least 4 members (excludes halogenated alkanes) is 4. The molecule has 1 aromatic carbocycles. The van der Waals surface area contributed by atoms with E-state index in [2.05, 4.69) is 56.7 Å². The Hall–Kier alpha value is -1.85. The summed E-state index contributed by atoms with van der Waals surface area (Å²) in [6, 6.07) is 8.45. The minimum absolute atomic E-state index is 0.0245. The van der Waals surface area contributed by atoms with Crippen molar-refractivity contribution in [3.63, 3.8) is 0 Å². The summed E-state index contributed by atoms with van der Waals surface area (Å²) in [5.41, 5.74) is 2.23. The number of hydrogen-bond acceptors (Lipinski definition) is 3. The topological polar surface area (TPSA) is 44.8 Å². The lowest BCUT2D eigenvalue weighted by Crippen LogP contribution is -2.42. The van der Waals surface area contributed by atoms with E-state index >= 15 is 0 Å². The zero-order valence-electron chi connectivity index (χ0n) is 22.4. The van der Waals surface area contributed by atoms with Crippen LogP contribution in [0.2, 0.25) is 0 Å². The number of ether oxygens (including phenoxy) is 1. The Morgan fingerprint density at radius 2 is 1.65 bits per heavy atom. The molecular formula is C29H49N3O2. The molecule has 5 heteroatoms. The fourth-order valence-corrected chi connectivity index (χ4v) is 4.61. The fourth-order valence-electron chi connectivity index (χ4n) is 4.61. The molecule has 0 atom stereocenters. The molecule has 0 radical (unpaired) electrons. The number of nitrogens with one attached hydrogen (secondary N) is 1. The van der Waals surface area contributed by atoms with Crippen LogP contribution in [0.3, 0.4) is 0 Å². The summed E-state index contributed by atoms with van der Waals surface area (Å²) in [6.45, 7) is 13.4. The van der Waals surface area contributed by atoms with Crippen molar-refractivity contribution in [1.82, 2.24) is 9.80 Å². The molecule has 1 fully saturated rings. The maximum absolute atomic E-state index is 12.7. The van der Waals surface area contributed by atoms with Crippen LogP contribution in [0.5, 0.6) is 0 Å². The normalized spacial score (nSPS) is 18.6. The molecule has 0 aliphatic heterocycles. The highest BCUT2D eigenvalue weighted by atomic mass is 16.5. The predicted octanol–water partition coefficient (Wildman–Crippen LogP) is 6.84. The van der Waals surface area contributed by atoms with E-state index in [1.807, 2.05) is 30.2 Å². The maximum atomic E-state index is 12.7. The van der Waals surface area contributed by atoms with Gasteiger partial charge in [-0.25, -0.2) is 4.79 Å². The van der Waals surface area contributed by atoms with Crippen LogP contribution in [0.25, 0.3) is 0 Å². The second-order valence-corrected chi connectivity index (χ2v) is 11.0. The molecule has 1 aromatic rings. The molecule has 1 aliphatic carbocycles. The molecule has 0 unspecified atom stereocenters. The van der Waals surface area contributed by atoms with Crippen molar-refractivity contribution in [2.75, 3.05) is 39.1 Å². The number of carbonyl (C=O) groups is 1. The Morgan fingerprint density at radius 3 is 2.26 bits per heavy atom. The van der Waals surface area contributed by atoms with Gasteiger partial charge in [0, 0.05) is 31.9 Å². The van der Waals surface area contributed by atoms with Crippen molar-refractivity contribution in [2.24, 2.45) is 0 Å². The summed E-state index contributed by atoms with van der Waals surface area (Å²) >= 11 is 0. The third-order valence-electron chi connectivity index (χ3n) is 6.99. The number of rotatable bonds is 13. The summed E-state index contributed by atoms with van der Waals surface area (Å²) in [5, 5.41) is 3.05. The smallest absolute Gasteiger partial charge is 0.321 e. The van der Waals surface area contributed by atoms with Crippen LogP contribution >= 0.6 is 0 Å².